The number of fused-ring (bicyclic) bond motifs is 1. The van der Waals surface area contributed by atoms with E-state index in [0.717, 1.165) is 13.0 Å². The number of likely N-dealkylation sites (tertiary alicyclic amines) is 2. The molecule has 6 nitrogen and oxygen atoms in total. The highest BCUT2D eigenvalue weighted by atomic mass is 16.5. The number of carbonyl (C=O) groups excluding carboxylic acids is 1. The van der Waals surface area contributed by atoms with E-state index in [-0.39, 0.29) is 11.8 Å². The van der Waals surface area contributed by atoms with Crippen molar-refractivity contribution in [1.82, 2.24) is 9.80 Å². The summed E-state index contributed by atoms with van der Waals surface area (Å²) < 4.78 is 5.14. The van der Waals surface area contributed by atoms with Crippen LogP contribution in [0.2, 0.25) is 0 Å². The molecule has 2 heterocycles. The van der Waals surface area contributed by atoms with Crippen LogP contribution < -0.4 is 0 Å². The normalized spacial score (nSPS) is 26.9. The van der Waals surface area contributed by atoms with Gasteiger partial charge in [0.1, 0.15) is 0 Å². The van der Waals surface area contributed by atoms with Gasteiger partial charge in [-0.2, -0.15) is 0 Å². The first-order valence-corrected chi connectivity index (χ1v) is 8.86. The minimum atomic E-state index is -0.751. The van der Waals surface area contributed by atoms with Crippen LogP contribution >= 0.6 is 0 Å². The summed E-state index contributed by atoms with van der Waals surface area (Å²) in [5.41, 5.74) is -0.0843. The van der Waals surface area contributed by atoms with Crippen LogP contribution in [0.3, 0.4) is 0 Å². The number of nitrogens with zero attached hydrogens (tertiary/aromatic N) is 2. The Balaban J connectivity index is 1.78. The molecule has 3 rings (SSSR count). The summed E-state index contributed by atoms with van der Waals surface area (Å²) in [5.74, 6) is -0.777. The Morgan fingerprint density at radius 1 is 1.28 bits per heavy atom. The summed E-state index contributed by atoms with van der Waals surface area (Å²) in [6, 6.07) is 9.23. The average Bonchev–Trinajstić information content (AvgIpc) is 2.88. The Bertz CT molecular complexity index is 621. The molecule has 25 heavy (non-hydrogen) atoms. The summed E-state index contributed by atoms with van der Waals surface area (Å²) in [7, 11) is 1.65. The molecule has 1 N–H and O–H groups in total. The molecule has 0 bridgehead atoms. The van der Waals surface area contributed by atoms with Crippen LogP contribution in [0.4, 0.5) is 0 Å². The maximum Gasteiger partial charge on any atom is 0.311 e. The van der Waals surface area contributed by atoms with Crippen molar-refractivity contribution in [2.75, 3.05) is 46.4 Å². The predicted octanol–water partition coefficient (Wildman–Crippen LogP) is 1.57. The van der Waals surface area contributed by atoms with Crippen molar-refractivity contribution in [2.24, 2.45) is 11.3 Å². The van der Waals surface area contributed by atoms with Gasteiger partial charge in [0.15, 0.2) is 0 Å². The first kappa shape index (κ1) is 17.9. The van der Waals surface area contributed by atoms with E-state index in [1.807, 2.05) is 35.2 Å². The van der Waals surface area contributed by atoms with E-state index in [1.165, 1.54) is 0 Å². The topological polar surface area (TPSA) is 70.1 Å². The molecule has 0 aromatic heterocycles. The zero-order valence-electron chi connectivity index (χ0n) is 14.7. The molecule has 0 radical (unpaired) electrons. The summed E-state index contributed by atoms with van der Waals surface area (Å²) in [4.78, 5) is 28.9. The summed E-state index contributed by atoms with van der Waals surface area (Å²) in [6.45, 7) is 3.70. The first-order chi connectivity index (χ1) is 12.1. The third-order valence-electron chi connectivity index (χ3n) is 5.60. The Morgan fingerprint density at radius 3 is 2.72 bits per heavy atom. The highest BCUT2D eigenvalue weighted by Crippen LogP contribution is 2.43. The van der Waals surface area contributed by atoms with Crippen LogP contribution in [0.5, 0.6) is 0 Å². The fraction of sp³-hybridized carbons (Fsp3) is 0.579. The van der Waals surface area contributed by atoms with Gasteiger partial charge in [0, 0.05) is 51.3 Å². The second-order valence-corrected chi connectivity index (χ2v) is 7.11. The average molecular weight is 346 g/mol. The van der Waals surface area contributed by atoms with Crippen molar-refractivity contribution < 1.29 is 19.4 Å². The largest absolute Gasteiger partial charge is 0.481 e. The molecule has 2 fully saturated rings. The Kier molecular flexibility index (Phi) is 5.39. The number of hydrogen-bond acceptors (Lipinski definition) is 4. The molecule has 1 aromatic rings. The number of methoxy groups -OCH3 is 1. The summed E-state index contributed by atoms with van der Waals surface area (Å²) in [6.07, 6.45) is 1.34. The second-order valence-electron chi connectivity index (χ2n) is 7.11. The molecule has 0 saturated carbocycles. The highest BCUT2D eigenvalue weighted by molar-refractivity contribution is 5.94. The lowest BCUT2D eigenvalue weighted by atomic mass is 9.75. The fourth-order valence-electron chi connectivity index (χ4n) is 4.23. The lowest BCUT2D eigenvalue weighted by Gasteiger charge is -2.29. The van der Waals surface area contributed by atoms with Gasteiger partial charge < -0.3 is 14.7 Å². The maximum absolute atomic E-state index is 12.8. The first-order valence-electron chi connectivity index (χ1n) is 8.86. The van der Waals surface area contributed by atoms with Gasteiger partial charge in [0.2, 0.25) is 0 Å². The minimum Gasteiger partial charge on any atom is -0.481 e. The minimum absolute atomic E-state index is 0.00266. The van der Waals surface area contributed by atoms with E-state index in [1.54, 1.807) is 7.11 Å². The number of benzene rings is 1. The van der Waals surface area contributed by atoms with E-state index < -0.39 is 11.4 Å². The number of carbonyl (C=O) groups is 2. The van der Waals surface area contributed by atoms with Crippen LogP contribution in [-0.2, 0) is 9.53 Å². The van der Waals surface area contributed by atoms with Gasteiger partial charge >= 0.3 is 5.97 Å². The molecule has 0 aliphatic carbocycles. The molecule has 1 aromatic carbocycles. The van der Waals surface area contributed by atoms with Crippen molar-refractivity contribution >= 4 is 11.9 Å². The molecule has 0 unspecified atom stereocenters. The van der Waals surface area contributed by atoms with Crippen LogP contribution in [0.1, 0.15) is 23.2 Å². The number of rotatable bonds is 5. The van der Waals surface area contributed by atoms with E-state index in [4.69, 9.17) is 4.74 Å². The van der Waals surface area contributed by atoms with Gasteiger partial charge in [0.05, 0.1) is 12.0 Å². The van der Waals surface area contributed by atoms with E-state index in [2.05, 4.69) is 4.90 Å². The predicted molar refractivity (Wildman–Crippen MR) is 93.5 cm³/mol. The molecular weight excluding hydrogens is 320 g/mol. The Hall–Kier alpha value is -1.92. The number of aliphatic carboxylic acids is 1. The van der Waals surface area contributed by atoms with Crippen LogP contribution in [0, 0.1) is 11.3 Å². The van der Waals surface area contributed by atoms with E-state index in [0.29, 0.717) is 44.8 Å². The van der Waals surface area contributed by atoms with Gasteiger partial charge in [-0.05, 0) is 25.0 Å². The molecule has 1 amide bonds. The van der Waals surface area contributed by atoms with Gasteiger partial charge in [-0.3, -0.25) is 14.5 Å². The van der Waals surface area contributed by atoms with Crippen molar-refractivity contribution in [3.05, 3.63) is 35.9 Å². The third kappa shape index (κ3) is 3.55. The van der Waals surface area contributed by atoms with E-state index >= 15 is 0 Å². The molecule has 2 aliphatic heterocycles. The van der Waals surface area contributed by atoms with Crippen molar-refractivity contribution in [1.29, 1.82) is 0 Å². The zero-order chi connectivity index (χ0) is 17.9. The quantitative estimate of drug-likeness (QED) is 0.876. The fourth-order valence-corrected chi connectivity index (χ4v) is 4.23. The maximum atomic E-state index is 12.8. The summed E-state index contributed by atoms with van der Waals surface area (Å²) in [5, 5.41) is 9.95. The van der Waals surface area contributed by atoms with Crippen LogP contribution in [-0.4, -0.2) is 73.2 Å². The SMILES string of the molecule is COCCN1C[C@H]2CN(C(=O)c3ccccc3)CCC[C@@]2(C(=O)O)C1. The number of ether oxygens (including phenoxy) is 1. The van der Waals surface area contributed by atoms with Gasteiger partial charge in [0.25, 0.3) is 5.91 Å². The van der Waals surface area contributed by atoms with Crippen LogP contribution in [0.15, 0.2) is 30.3 Å². The Labute approximate surface area is 148 Å². The van der Waals surface area contributed by atoms with Gasteiger partial charge in [-0.15, -0.1) is 0 Å². The zero-order valence-corrected chi connectivity index (χ0v) is 14.7. The number of carboxylic acid groups (broad SMARTS) is 1. The standard InChI is InChI=1S/C19H26N2O4/c1-25-11-10-20-12-16-13-21(17(22)15-6-3-2-4-7-15)9-5-8-19(16,14-20)18(23)24/h2-4,6-7,16H,5,8-14H2,1H3,(H,23,24)/t16-,19+/m0/s1. The van der Waals surface area contributed by atoms with Crippen molar-refractivity contribution in [2.45, 2.75) is 12.8 Å². The molecule has 2 saturated heterocycles. The lowest BCUT2D eigenvalue weighted by Crippen LogP contribution is -2.42. The second kappa shape index (κ2) is 7.54. The van der Waals surface area contributed by atoms with Crippen molar-refractivity contribution in [3.63, 3.8) is 0 Å². The molecule has 136 valence electrons. The molecule has 0 spiro atoms. The molecular formula is C19H26N2O4. The van der Waals surface area contributed by atoms with Gasteiger partial charge in [-0.1, -0.05) is 18.2 Å². The number of carboxylic acids is 1. The van der Waals surface area contributed by atoms with Crippen molar-refractivity contribution in [3.8, 4) is 0 Å². The number of amides is 1. The number of hydrogen-bond donors (Lipinski definition) is 1. The third-order valence-corrected chi connectivity index (χ3v) is 5.60. The molecule has 2 aliphatic rings. The monoisotopic (exact) mass is 346 g/mol. The Morgan fingerprint density at radius 2 is 2.04 bits per heavy atom. The van der Waals surface area contributed by atoms with Crippen LogP contribution in [0.25, 0.3) is 0 Å². The smallest absolute Gasteiger partial charge is 0.311 e. The highest BCUT2D eigenvalue weighted by Gasteiger charge is 2.53. The molecule has 6 heteroatoms. The van der Waals surface area contributed by atoms with Gasteiger partial charge in [-0.25, -0.2) is 0 Å². The molecule has 2 atom stereocenters. The van der Waals surface area contributed by atoms with E-state index in [9.17, 15) is 14.7 Å². The lowest BCUT2D eigenvalue weighted by molar-refractivity contribution is -0.151. The summed E-state index contributed by atoms with van der Waals surface area (Å²) >= 11 is 0.